The number of nitrogens with zero attached hydrogens (tertiary/aromatic N) is 2. The van der Waals surface area contributed by atoms with E-state index in [1.807, 2.05) is 23.0 Å². The van der Waals surface area contributed by atoms with Crippen molar-refractivity contribution in [1.82, 2.24) is 9.78 Å². The Morgan fingerprint density at radius 2 is 1.52 bits per heavy atom. The number of fused-ring (bicyclic) bond motifs is 1. The van der Waals surface area contributed by atoms with E-state index in [-0.39, 0.29) is 0 Å². The fraction of sp³-hybridized carbons (Fsp3) is 0.429. The monoisotopic (exact) mass is 631 g/mol. The van der Waals surface area contributed by atoms with Gasteiger partial charge in [-0.1, -0.05) is 24.3 Å². The summed E-state index contributed by atoms with van der Waals surface area (Å²) in [6.07, 6.45) is -1.51. The zero-order valence-electron chi connectivity index (χ0n) is 23.3. The van der Waals surface area contributed by atoms with Crippen molar-refractivity contribution in [2.45, 2.75) is 57.0 Å². The van der Waals surface area contributed by atoms with Crippen molar-refractivity contribution in [3.05, 3.63) is 59.8 Å². The lowest BCUT2D eigenvalue weighted by Crippen LogP contribution is -2.94. The second kappa shape index (κ2) is 14.1. The van der Waals surface area contributed by atoms with Crippen molar-refractivity contribution in [3.63, 3.8) is 0 Å². The number of carboxylic acid groups (broad SMARTS) is 2. The van der Waals surface area contributed by atoms with E-state index in [0.717, 1.165) is 23.7 Å². The molecule has 2 aromatic carbocycles. The number of nitrogens with two attached hydrogens (primary N) is 3. The molecular weight excluding hydrogens is 600 g/mol. The van der Waals surface area contributed by atoms with Gasteiger partial charge in [0.05, 0.1) is 30.4 Å². The summed E-state index contributed by atoms with van der Waals surface area (Å²) in [7, 11) is 0. The number of piperidine rings is 1. The van der Waals surface area contributed by atoms with Crippen LogP contribution in [0, 0.1) is 5.41 Å². The molecule has 44 heavy (non-hydrogen) atoms. The maximum atomic E-state index is 11.7. The van der Waals surface area contributed by atoms with E-state index < -0.39 is 30.2 Å². The summed E-state index contributed by atoms with van der Waals surface area (Å²) in [5.41, 5.74) is 9.53. The number of carboxylic acids is 2. The van der Waals surface area contributed by atoms with Gasteiger partial charge in [-0.25, -0.2) is 4.68 Å². The highest BCUT2D eigenvalue weighted by Gasteiger charge is 2.47. The molecule has 0 radical (unpaired) electrons. The second-order valence-corrected chi connectivity index (χ2v) is 10.6. The molecule has 240 valence electrons. The third-order valence-corrected chi connectivity index (χ3v) is 7.77. The fourth-order valence-electron chi connectivity index (χ4n) is 5.64. The number of aliphatic carboxylic acids is 2. The van der Waals surface area contributed by atoms with Gasteiger partial charge >= 0.3 is 12.4 Å². The molecule has 2 fully saturated rings. The molecule has 1 atom stereocenters. The maximum Gasteiger partial charge on any atom is 0.430 e. The third kappa shape index (κ3) is 8.92. The van der Waals surface area contributed by atoms with E-state index in [0.29, 0.717) is 16.5 Å². The summed E-state index contributed by atoms with van der Waals surface area (Å²) in [4.78, 5) is 29.2. The molecule has 1 amide bonds. The Kier molecular flexibility index (Phi) is 11.0. The van der Waals surface area contributed by atoms with Crippen LogP contribution in [0.25, 0.3) is 16.6 Å². The molecule has 2 aliphatic rings. The van der Waals surface area contributed by atoms with E-state index in [1.165, 1.54) is 50.8 Å². The SMILES string of the molecule is NC(=O)c1cccc2cn(-c3ccc(C[NH2+]C4CCCC45CC[NH2+]CC5)cc3)nc12.O=C([O-])C(F)(F)F.O=C([O-])C(F)(F)F. The molecule has 1 aliphatic heterocycles. The highest BCUT2D eigenvalue weighted by molar-refractivity contribution is 6.04. The summed E-state index contributed by atoms with van der Waals surface area (Å²) < 4.78 is 64.9. The van der Waals surface area contributed by atoms with Crippen molar-refractivity contribution in [2.24, 2.45) is 11.1 Å². The number of alkyl halides is 6. The Hall–Kier alpha value is -4.18. The van der Waals surface area contributed by atoms with Crippen LogP contribution in [-0.2, 0) is 16.1 Å². The minimum atomic E-state index is -5.19. The van der Waals surface area contributed by atoms with Crippen LogP contribution in [0.2, 0.25) is 0 Å². The molecule has 16 heteroatoms. The number of primary amides is 1. The number of benzene rings is 2. The summed E-state index contributed by atoms with van der Waals surface area (Å²) in [6.45, 7) is 3.63. The molecule has 2 heterocycles. The normalized spacial score (nSPS) is 17.7. The Morgan fingerprint density at radius 1 is 0.955 bits per heavy atom. The summed E-state index contributed by atoms with van der Waals surface area (Å²) in [6, 6.07) is 14.9. The number of carbonyl (C=O) groups is 3. The average Bonchev–Trinajstić information content (AvgIpc) is 3.56. The lowest BCUT2D eigenvalue weighted by atomic mass is 9.74. The summed E-state index contributed by atoms with van der Waals surface area (Å²) in [5.74, 6) is -6.46. The fourth-order valence-corrected chi connectivity index (χ4v) is 5.64. The predicted molar refractivity (Wildman–Crippen MR) is 138 cm³/mol. The zero-order chi connectivity index (χ0) is 32.7. The van der Waals surface area contributed by atoms with Gasteiger partial charge in [-0.2, -0.15) is 31.4 Å². The maximum absolute atomic E-state index is 11.7. The first kappa shape index (κ1) is 34.3. The number of hydrogen-bond acceptors (Lipinski definition) is 6. The largest absolute Gasteiger partial charge is 0.542 e. The third-order valence-electron chi connectivity index (χ3n) is 7.77. The molecule has 5 rings (SSSR count). The van der Waals surface area contributed by atoms with Gasteiger partial charge < -0.3 is 36.2 Å². The first-order valence-corrected chi connectivity index (χ1v) is 13.6. The van der Waals surface area contributed by atoms with Gasteiger partial charge in [0.1, 0.15) is 24.0 Å². The standard InChI is InChI=1S/C24H29N5O.2C2HF3O2/c25-23(30)20-4-1-3-18-16-29(28-22(18)20)19-8-6-17(7-9-19)15-27-21-5-2-10-24(21)11-13-26-14-12-24;2*3-2(4,5)1(6)7/h1,3-4,6-9,16,21,26-27H,2,5,10-15H2,(H2,25,30);2*(H,6,7). The summed E-state index contributed by atoms with van der Waals surface area (Å²) in [5, 5.41) is 28.2. The smallest absolute Gasteiger partial charge is 0.430 e. The second-order valence-electron chi connectivity index (χ2n) is 10.6. The Morgan fingerprint density at radius 3 is 2.05 bits per heavy atom. The molecule has 1 spiro atoms. The lowest BCUT2D eigenvalue weighted by Gasteiger charge is -2.35. The molecule has 10 nitrogen and oxygen atoms in total. The van der Waals surface area contributed by atoms with Crippen molar-refractivity contribution in [3.8, 4) is 5.69 Å². The molecule has 0 bridgehead atoms. The van der Waals surface area contributed by atoms with E-state index in [2.05, 4.69) is 40.0 Å². The molecule has 1 saturated heterocycles. The van der Waals surface area contributed by atoms with Crippen LogP contribution >= 0.6 is 0 Å². The summed E-state index contributed by atoms with van der Waals surface area (Å²) >= 11 is 0. The van der Waals surface area contributed by atoms with Gasteiger partial charge in [0.2, 0.25) is 0 Å². The van der Waals surface area contributed by atoms with Crippen LogP contribution in [0.1, 0.15) is 48.0 Å². The van der Waals surface area contributed by atoms with Gasteiger partial charge in [-0.15, -0.1) is 0 Å². The van der Waals surface area contributed by atoms with E-state index in [4.69, 9.17) is 25.5 Å². The minimum absolute atomic E-state index is 0.447. The number of carbonyl (C=O) groups excluding carboxylic acids is 3. The zero-order valence-corrected chi connectivity index (χ0v) is 23.3. The quantitative estimate of drug-likeness (QED) is 0.326. The Balaban J connectivity index is 0.000000317. The number of rotatable bonds is 5. The van der Waals surface area contributed by atoms with Gasteiger partial charge in [0.15, 0.2) is 0 Å². The highest BCUT2D eigenvalue weighted by Crippen LogP contribution is 2.42. The number of halogens is 6. The van der Waals surface area contributed by atoms with Crippen LogP contribution in [0.4, 0.5) is 26.3 Å². The molecule has 6 N–H and O–H groups in total. The van der Waals surface area contributed by atoms with Gasteiger partial charge in [-0.3, -0.25) is 4.79 Å². The van der Waals surface area contributed by atoms with Crippen molar-refractivity contribution >= 4 is 28.7 Å². The highest BCUT2D eigenvalue weighted by atomic mass is 19.4. The van der Waals surface area contributed by atoms with Crippen molar-refractivity contribution in [2.75, 3.05) is 13.1 Å². The lowest BCUT2D eigenvalue weighted by molar-refractivity contribution is -0.726. The molecule has 1 aromatic heterocycles. The van der Waals surface area contributed by atoms with E-state index in [1.54, 1.807) is 6.07 Å². The molecule has 1 aliphatic carbocycles. The molecular formula is C28H31F6N5O5. The Labute approximate surface area is 247 Å². The van der Waals surface area contributed by atoms with Crippen molar-refractivity contribution < 1.29 is 61.6 Å². The van der Waals surface area contributed by atoms with Crippen LogP contribution < -0.4 is 26.6 Å². The Bertz CT molecular complexity index is 1430. The van der Waals surface area contributed by atoms with Crippen LogP contribution in [-0.4, -0.2) is 59.1 Å². The van der Waals surface area contributed by atoms with Gasteiger partial charge in [0, 0.05) is 35.4 Å². The van der Waals surface area contributed by atoms with Crippen LogP contribution in [0.5, 0.6) is 0 Å². The number of aromatic nitrogens is 2. The molecule has 1 saturated carbocycles. The van der Waals surface area contributed by atoms with Gasteiger partial charge in [-0.05, 0) is 37.5 Å². The number of amides is 1. The first-order valence-electron chi connectivity index (χ1n) is 13.6. The van der Waals surface area contributed by atoms with Crippen LogP contribution in [0.3, 0.4) is 0 Å². The topological polar surface area (TPSA) is 174 Å². The van der Waals surface area contributed by atoms with E-state index in [9.17, 15) is 31.1 Å². The number of quaternary nitrogens is 2. The first-order chi connectivity index (χ1) is 20.5. The van der Waals surface area contributed by atoms with Crippen LogP contribution in [0.15, 0.2) is 48.7 Å². The van der Waals surface area contributed by atoms with Crippen molar-refractivity contribution in [1.29, 1.82) is 0 Å². The molecule has 3 aromatic rings. The average molecular weight is 632 g/mol. The predicted octanol–water partition coefficient (Wildman–Crippen LogP) is -0.319. The molecule has 1 unspecified atom stereocenters. The van der Waals surface area contributed by atoms with E-state index >= 15 is 0 Å². The van der Waals surface area contributed by atoms with Gasteiger partial charge in [0.25, 0.3) is 5.91 Å². The number of hydrogen-bond donors (Lipinski definition) is 3. The minimum Gasteiger partial charge on any atom is -0.542 e.